The Labute approximate surface area is 180 Å². The zero-order valence-electron chi connectivity index (χ0n) is 17.3. The van der Waals surface area contributed by atoms with E-state index in [0.29, 0.717) is 0 Å². The number of fused-ring (bicyclic) bond motifs is 1. The number of nitrogens with one attached hydrogen (secondary N) is 1. The highest BCUT2D eigenvalue weighted by Crippen LogP contribution is 2.31. The Kier molecular flexibility index (Phi) is 5.33. The number of rotatable bonds is 5. The van der Waals surface area contributed by atoms with E-state index in [-0.39, 0.29) is 0 Å². The van der Waals surface area contributed by atoms with E-state index in [1.165, 1.54) is 0 Å². The fourth-order valence-electron chi connectivity index (χ4n) is 3.75. The highest BCUT2D eigenvalue weighted by molar-refractivity contribution is 5.93. The first kappa shape index (κ1) is 19.3. The molecule has 2 aromatic carbocycles. The number of hydrogen-bond donors (Lipinski definition) is 1. The number of morpholine rings is 1. The van der Waals surface area contributed by atoms with Gasteiger partial charge in [0, 0.05) is 30.2 Å². The maximum atomic E-state index is 5.44. The van der Waals surface area contributed by atoms with Gasteiger partial charge in [0.15, 0.2) is 0 Å². The van der Waals surface area contributed by atoms with Gasteiger partial charge in [-0.3, -0.25) is 0 Å². The third-order valence-electron chi connectivity index (χ3n) is 5.41. The number of benzene rings is 2. The second-order valence-electron chi connectivity index (χ2n) is 7.28. The van der Waals surface area contributed by atoms with Crippen molar-refractivity contribution < 1.29 is 9.47 Å². The number of anilines is 3. The van der Waals surface area contributed by atoms with E-state index in [4.69, 9.17) is 9.47 Å². The molecule has 0 spiro atoms. The second-order valence-corrected chi connectivity index (χ2v) is 7.28. The van der Waals surface area contributed by atoms with Crippen molar-refractivity contribution in [1.82, 2.24) is 15.0 Å². The molecular weight excluding hydrogens is 390 g/mol. The topological polar surface area (TPSA) is 72.4 Å². The summed E-state index contributed by atoms with van der Waals surface area (Å²) in [6.45, 7) is 3.25. The van der Waals surface area contributed by atoms with Crippen LogP contribution in [0.3, 0.4) is 0 Å². The molecule has 0 aliphatic carbocycles. The highest BCUT2D eigenvalue weighted by atomic mass is 16.5. The maximum Gasteiger partial charge on any atom is 0.142 e. The van der Waals surface area contributed by atoms with Crippen molar-refractivity contribution in [3.05, 3.63) is 67.1 Å². The summed E-state index contributed by atoms with van der Waals surface area (Å²) in [5.74, 6) is 2.48. The van der Waals surface area contributed by atoms with Gasteiger partial charge in [0.2, 0.25) is 0 Å². The molecule has 0 unspecified atom stereocenters. The van der Waals surface area contributed by atoms with Crippen LogP contribution >= 0.6 is 0 Å². The number of aromatic nitrogens is 3. The van der Waals surface area contributed by atoms with Gasteiger partial charge in [-0.05, 0) is 42.0 Å². The molecule has 0 saturated carbocycles. The van der Waals surface area contributed by atoms with Crippen LogP contribution in [0, 0.1) is 0 Å². The number of nitrogens with zero attached hydrogens (tertiary/aromatic N) is 4. The first-order valence-corrected chi connectivity index (χ1v) is 10.3. The van der Waals surface area contributed by atoms with Gasteiger partial charge in [-0.1, -0.05) is 18.2 Å². The van der Waals surface area contributed by atoms with Gasteiger partial charge in [0.1, 0.15) is 23.7 Å². The number of pyridine rings is 1. The fraction of sp³-hybridized carbons (Fsp3) is 0.208. The van der Waals surface area contributed by atoms with E-state index in [2.05, 4.69) is 49.4 Å². The Morgan fingerprint density at radius 1 is 0.935 bits per heavy atom. The quantitative estimate of drug-likeness (QED) is 0.523. The molecule has 7 heteroatoms. The van der Waals surface area contributed by atoms with Crippen LogP contribution in [0.15, 0.2) is 67.1 Å². The van der Waals surface area contributed by atoms with Crippen molar-refractivity contribution in [3.8, 4) is 16.9 Å². The molecule has 2 aromatic heterocycles. The number of para-hydroxylation sites is 2. The summed E-state index contributed by atoms with van der Waals surface area (Å²) in [5.41, 5.74) is 3.84. The lowest BCUT2D eigenvalue weighted by Crippen LogP contribution is -2.36. The molecule has 3 heterocycles. The lowest BCUT2D eigenvalue weighted by atomic mass is 10.1. The first-order valence-electron chi connectivity index (χ1n) is 10.3. The molecular formula is C24H23N5O2. The maximum absolute atomic E-state index is 5.44. The molecule has 156 valence electrons. The van der Waals surface area contributed by atoms with Crippen molar-refractivity contribution in [2.75, 3.05) is 43.6 Å². The van der Waals surface area contributed by atoms with Crippen molar-refractivity contribution >= 4 is 28.2 Å². The summed E-state index contributed by atoms with van der Waals surface area (Å²) >= 11 is 0. The summed E-state index contributed by atoms with van der Waals surface area (Å²) in [6, 6.07) is 18.1. The second kappa shape index (κ2) is 8.57. The zero-order chi connectivity index (χ0) is 21.0. The minimum absolute atomic E-state index is 0.738. The smallest absolute Gasteiger partial charge is 0.142 e. The highest BCUT2D eigenvalue weighted by Gasteiger charge is 2.13. The summed E-state index contributed by atoms with van der Waals surface area (Å²) in [5, 5.41) is 4.31. The summed E-state index contributed by atoms with van der Waals surface area (Å²) in [6.07, 6.45) is 3.49. The van der Waals surface area contributed by atoms with Crippen molar-refractivity contribution in [1.29, 1.82) is 0 Å². The van der Waals surface area contributed by atoms with E-state index in [0.717, 1.165) is 71.4 Å². The van der Waals surface area contributed by atoms with Gasteiger partial charge in [-0.15, -0.1) is 0 Å². The van der Waals surface area contributed by atoms with Gasteiger partial charge in [-0.25, -0.2) is 15.0 Å². The van der Waals surface area contributed by atoms with Crippen molar-refractivity contribution in [2.24, 2.45) is 0 Å². The minimum atomic E-state index is 0.738. The van der Waals surface area contributed by atoms with Crippen LogP contribution in [-0.4, -0.2) is 48.4 Å². The molecule has 31 heavy (non-hydrogen) atoms. The Bertz CT molecular complexity index is 1190. The predicted octanol–water partition coefficient (Wildman–Crippen LogP) is 4.28. The Balaban J connectivity index is 1.43. The lowest BCUT2D eigenvalue weighted by Gasteiger charge is -2.27. The Morgan fingerprint density at radius 2 is 1.77 bits per heavy atom. The van der Waals surface area contributed by atoms with E-state index < -0.39 is 0 Å². The first-order chi connectivity index (χ1) is 15.3. The average Bonchev–Trinajstić information content (AvgIpc) is 2.85. The van der Waals surface area contributed by atoms with E-state index in [9.17, 15) is 0 Å². The monoisotopic (exact) mass is 413 g/mol. The molecule has 1 aliphatic heterocycles. The van der Waals surface area contributed by atoms with Crippen LogP contribution in [0.4, 0.5) is 17.3 Å². The van der Waals surface area contributed by atoms with Crippen LogP contribution in [0.1, 0.15) is 0 Å². The third-order valence-corrected chi connectivity index (χ3v) is 5.41. The molecule has 0 amide bonds. The Morgan fingerprint density at radius 3 is 2.58 bits per heavy atom. The molecule has 0 radical (unpaired) electrons. The molecule has 1 N–H and O–H groups in total. The van der Waals surface area contributed by atoms with Gasteiger partial charge in [-0.2, -0.15) is 0 Å². The van der Waals surface area contributed by atoms with E-state index >= 15 is 0 Å². The molecule has 4 aromatic rings. The fourth-order valence-corrected chi connectivity index (χ4v) is 3.75. The standard InChI is InChI=1S/C24H23N5O2/c1-30-22-5-3-2-4-20(22)28-24-19-8-6-17(14-21(19)26-16-27-24)18-7-9-23(25-15-18)29-10-12-31-13-11-29/h2-9,14-16H,10-13H2,1H3,(H,26,27,28). The van der Waals surface area contributed by atoms with E-state index in [1.54, 1.807) is 13.4 Å². The molecule has 5 rings (SSSR count). The predicted molar refractivity (Wildman–Crippen MR) is 122 cm³/mol. The van der Waals surface area contributed by atoms with Crippen LogP contribution in [0.2, 0.25) is 0 Å². The molecule has 0 bridgehead atoms. The average molecular weight is 413 g/mol. The summed E-state index contributed by atoms with van der Waals surface area (Å²) < 4.78 is 10.9. The minimum Gasteiger partial charge on any atom is -0.495 e. The molecule has 7 nitrogen and oxygen atoms in total. The van der Waals surface area contributed by atoms with Crippen LogP contribution < -0.4 is 15.0 Å². The van der Waals surface area contributed by atoms with Gasteiger partial charge in [0.05, 0.1) is 31.5 Å². The van der Waals surface area contributed by atoms with Crippen molar-refractivity contribution in [2.45, 2.75) is 0 Å². The molecule has 1 saturated heterocycles. The summed E-state index contributed by atoms with van der Waals surface area (Å²) in [7, 11) is 1.66. The molecule has 1 aliphatic rings. The van der Waals surface area contributed by atoms with Crippen LogP contribution in [-0.2, 0) is 4.74 Å². The lowest BCUT2D eigenvalue weighted by molar-refractivity contribution is 0.122. The summed E-state index contributed by atoms with van der Waals surface area (Å²) in [4.78, 5) is 15.8. The van der Waals surface area contributed by atoms with Gasteiger partial charge in [0.25, 0.3) is 0 Å². The Hall–Kier alpha value is -3.71. The number of hydrogen-bond acceptors (Lipinski definition) is 7. The zero-order valence-corrected chi connectivity index (χ0v) is 17.3. The van der Waals surface area contributed by atoms with Crippen molar-refractivity contribution in [3.63, 3.8) is 0 Å². The SMILES string of the molecule is COc1ccccc1Nc1ncnc2cc(-c3ccc(N4CCOCC4)nc3)ccc12. The number of methoxy groups -OCH3 is 1. The largest absolute Gasteiger partial charge is 0.495 e. The van der Waals surface area contributed by atoms with E-state index in [1.807, 2.05) is 36.5 Å². The van der Waals surface area contributed by atoms with Gasteiger partial charge >= 0.3 is 0 Å². The third kappa shape index (κ3) is 4.00. The van der Waals surface area contributed by atoms with Crippen LogP contribution in [0.25, 0.3) is 22.0 Å². The molecule has 1 fully saturated rings. The number of ether oxygens (including phenoxy) is 2. The van der Waals surface area contributed by atoms with Gasteiger partial charge < -0.3 is 19.7 Å². The molecule has 0 atom stereocenters. The normalized spacial score (nSPS) is 13.9. The van der Waals surface area contributed by atoms with Crippen LogP contribution in [0.5, 0.6) is 5.75 Å².